The standard InChI is InChI=1S/C20H26N2O2S2/c1-14-5-4-8-17-19(14)21-20(26-17)24-15-9-11-22(12-10-15)18(23)13-25-16-6-2-3-7-16/h4-5,8,15-16H,2-3,6-7,9-13H2,1H3. The van der Waals surface area contributed by atoms with Crippen LogP contribution in [0.2, 0.25) is 0 Å². The first-order valence-electron chi connectivity index (χ1n) is 9.61. The molecule has 1 saturated heterocycles. The molecule has 1 amide bonds. The fourth-order valence-corrected chi connectivity index (χ4v) is 6.00. The molecule has 0 atom stereocenters. The van der Waals surface area contributed by atoms with Crippen molar-refractivity contribution in [3.8, 4) is 5.19 Å². The Hall–Kier alpha value is -1.27. The molecule has 2 aliphatic rings. The number of carbonyl (C=O) groups is 1. The molecular formula is C20H26N2O2S2. The molecule has 2 fully saturated rings. The summed E-state index contributed by atoms with van der Waals surface area (Å²) in [6, 6.07) is 6.24. The number of aryl methyl sites for hydroxylation is 1. The molecule has 0 N–H and O–H groups in total. The van der Waals surface area contributed by atoms with Gasteiger partial charge in [-0.3, -0.25) is 4.79 Å². The van der Waals surface area contributed by atoms with Crippen molar-refractivity contribution in [3.63, 3.8) is 0 Å². The summed E-state index contributed by atoms with van der Waals surface area (Å²) in [4.78, 5) is 19.1. The van der Waals surface area contributed by atoms with Gasteiger partial charge in [0, 0.05) is 31.2 Å². The maximum Gasteiger partial charge on any atom is 0.274 e. The van der Waals surface area contributed by atoms with Gasteiger partial charge in [-0.15, -0.1) is 11.8 Å². The number of ether oxygens (including phenoxy) is 1. The van der Waals surface area contributed by atoms with Gasteiger partial charge in [0.2, 0.25) is 5.91 Å². The summed E-state index contributed by atoms with van der Waals surface area (Å²) >= 11 is 3.48. The number of carbonyl (C=O) groups excluding carboxylic acids is 1. The van der Waals surface area contributed by atoms with Gasteiger partial charge in [-0.05, 0) is 31.4 Å². The zero-order chi connectivity index (χ0) is 17.9. The monoisotopic (exact) mass is 390 g/mol. The minimum atomic E-state index is 0.169. The Balaban J connectivity index is 1.26. The van der Waals surface area contributed by atoms with Gasteiger partial charge in [0.05, 0.1) is 16.0 Å². The molecule has 140 valence electrons. The molecule has 0 spiro atoms. The minimum absolute atomic E-state index is 0.169. The first kappa shape index (κ1) is 18.1. The van der Waals surface area contributed by atoms with Crippen LogP contribution in [-0.2, 0) is 4.79 Å². The molecule has 4 rings (SSSR count). The van der Waals surface area contributed by atoms with Crippen molar-refractivity contribution >= 4 is 39.2 Å². The third kappa shape index (κ3) is 4.17. The van der Waals surface area contributed by atoms with Crippen LogP contribution >= 0.6 is 23.1 Å². The van der Waals surface area contributed by atoms with Crippen molar-refractivity contribution in [3.05, 3.63) is 23.8 Å². The maximum absolute atomic E-state index is 12.4. The van der Waals surface area contributed by atoms with Gasteiger partial charge in [0.1, 0.15) is 6.10 Å². The number of aromatic nitrogens is 1. The lowest BCUT2D eigenvalue weighted by atomic mass is 10.1. The van der Waals surface area contributed by atoms with Gasteiger partial charge >= 0.3 is 0 Å². The number of piperidine rings is 1. The topological polar surface area (TPSA) is 42.4 Å². The second-order valence-corrected chi connectivity index (χ2v) is 9.60. The van der Waals surface area contributed by atoms with Crippen LogP contribution in [0.15, 0.2) is 18.2 Å². The second kappa shape index (κ2) is 8.17. The average molecular weight is 391 g/mol. The molecule has 26 heavy (non-hydrogen) atoms. The van der Waals surface area contributed by atoms with E-state index in [1.807, 2.05) is 16.7 Å². The lowest BCUT2D eigenvalue weighted by molar-refractivity contribution is -0.130. The third-order valence-corrected chi connectivity index (χ3v) is 7.68. The van der Waals surface area contributed by atoms with Crippen LogP contribution in [-0.4, -0.2) is 46.0 Å². The molecule has 2 heterocycles. The summed E-state index contributed by atoms with van der Waals surface area (Å²) in [7, 11) is 0. The Bertz CT molecular complexity index is 762. The smallest absolute Gasteiger partial charge is 0.274 e. The molecule has 0 unspecified atom stereocenters. The fraction of sp³-hybridized carbons (Fsp3) is 0.600. The van der Waals surface area contributed by atoms with E-state index in [4.69, 9.17) is 4.74 Å². The van der Waals surface area contributed by atoms with Gasteiger partial charge in [-0.2, -0.15) is 0 Å². The van der Waals surface area contributed by atoms with Crippen molar-refractivity contribution < 1.29 is 9.53 Å². The van der Waals surface area contributed by atoms with Crippen LogP contribution in [0.5, 0.6) is 5.19 Å². The number of hydrogen-bond acceptors (Lipinski definition) is 5. The van der Waals surface area contributed by atoms with Crippen molar-refractivity contribution in [2.45, 2.75) is 56.8 Å². The van der Waals surface area contributed by atoms with Crippen LogP contribution in [0.3, 0.4) is 0 Å². The van der Waals surface area contributed by atoms with E-state index in [1.54, 1.807) is 11.3 Å². The Morgan fingerprint density at radius 3 is 2.77 bits per heavy atom. The number of hydrogen-bond donors (Lipinski definition) is 0. The van der Waals surface area contributed by atoms with E-state index in [1.165, 1.54) is 35.9 Å². The Labute approximate surface area is 163 Å². The molecule has 0 radical (unpaired) electrons. The van der Waals surface area contributed by atoms with E-state index in [-0.39, 0.29) is 6.10 Å². The van der Waals surface area contributed by atoms with Crippen LogP contribution in [0, 0.1) is 6.92 Å². The van der Waals surface area contributed by atoms with E-state index in [2.05, 4.69) is 30.1 Å². The number of amides is 1. The highest BCUT2D eigenvalue weighted by molar-refractivity contribution is 8.00. The van der Waals surface area contributed by atoms with E-state index < -0.39 is 0 Å². The number of benzene rings is 1. The number of likely N-dealkylation sites (tertiary alicyclic amines) is 1. The predicted octanol–water partition coefficient (Wildman–Crippen LogP) is 4.65. The van der Waals surface area contributed by atoms with Crippen molar-refractivity contribution in [1.82, 2.24) is 9.88 Å². The summed E-state index contributed by atoms with van der Waals surface area (Å²) in [6.07, 6.45) is 7.20. The molecule has 6 heteroatoms. The van der Waals surface area contributed by atoms with Gasteiger partial charge < -0.3 is 9.64 Å². The van der Waals surface area contributed by atoms with E-state index in [9.17, 15) is 4.79 Å². The number of fused-ring (bicyclic) bond motifs is 1. The number of nitrogens with zero attached hydrogens (tertiary/aromatic N) is 2. The normalized spacial score (nSPS) is 19.3. The van der Waals surface area contributed by atoms with Crippen molar-refractivity contribution in [2.24, 2.45) is 0 Å². The summed E-state index contributed by atoms with van der Waals surface area (Å²) in [5, 5.41) is 1.47. The maximum atomic E-state index is 12.4. The van der Waals surface area contributed by atoms with Gasteiger partial charge in [0.15, 0.2) is 0 Å². The molecule has 1 aliphatic carbocycles. The average Bonchev–Trinajstić information content (AvgIpc) is 3.30. The first-order valence-corrected chi connectivity index (χ1v) is 11.5. The molecule has 1 aliphatic heterocycles. The van der Waals surface area contributed by atoms with E-state index >= 15 is 0 Å². The summed E-state index contributed by atoms with van der Waals surface area (Å²) in [5.74, 6) is 0.948. The van der Waals surface area contributed by atoms with Gasteiger partial charge in [0.25, 0.3) is 5.19 Å². The highest BCUT2D eigenvalue weighted by Gasteiger charge is 2.26. The fourth-order valence-electron chi connectivity index (χ4n) is 3.82. The molecule has 1 aromatic carbocycles. The molecule has 1 aromatic heterocycles. The highest BCUT2D eigenvalue weighted by atomic mass is 32.2. The van der Waals surface area contributed by atoms with E-state index in [0.717, 1.165) is 36.6 Å². The third-order valence-electron chi connectivity index (χ3n) is 5.41. The number of rotatable bonds is 5. The quantitative estimate of drug-likeness (QED) is 0.745. The number of thiazole rings is 1. The van der Waals surface area contributed by atoms with E-state index in [0.29, 0.717) is 16.9 Å². The van der Waals surface area contributed by atoms with Gasteiger partial charge in [-0.1, -0.05) is 36.3 Å². The van der Waals surface area contributed by atoms with Crippen molar-refractivity contribution in [1.29, 1.82) is 0 Å². The molecule has 0 bridgehead atoms. The molecule has 4 nitrogen and oxygen atoms in total. The summed E-state index contributed by atoms with van der Waals surface area (Å²) < 4.78 is 7.31. The van der Waals surface area contributed by atoms with Crippen molar-refractivity contribution in [2.75, 3.05) is 18.8 Å². The van der Waals surface area contributed by atoms with Gasteiger partial charge in [-0.25, -0.2) is 4.98 Å². The summed E-state index contributed by atoms with van der Waals surface area (Å²) in [5.41, 5.74) is 2.23. The van der Waals surface area contributed by atoms with Crippen LogP contribution in [0.25, 0.3) is 10.2 Å². The highest BCUT2D eigenvalue weighted by Crippen LogP contribution is 2.32. The number of para-hydroxylation sites is 1. The zero-order valence-electron chi connectivity index (χ0n) is 15.3. The lowest BCUT2D eigenvalue weighted by Crippen LogP contribution is -2.42. The molecule has 2 aromatic rings. The van der Waals surface area contributed by atoms with Crippen LogP contribution in [0.1, 0.15) is 44.1 Å². The van der Waals surface area contributed by atoms with Crippen LogP contribution < -0.4 is 4.74 Å². The predicted molar refractivity (Wildman–Crippen MR) is 109 cm³/mol. The Morgan fingerprint density at radius 2 is 2.04 bits per heavy atom. The number of thioether (sulfide) groups is 1. The van der Waals surface area contributed by atoms with Crippen LogP contribution in [0.4, 0.5) is 0 Å². The Morgan fingerprint density at radius 1 is 1.27 bits per heavy atom. The SMILES string of the molecule is Cc1cccc2sc(OC3CCN(C(=O)CSC4CCCC4)CC3)nc12. The largest absolute Gasteiger partial charge is 0.467 e. The minimum Gasteiger partial charge on any atom is -0.467 e. The zero-order valence-corrected chi connectivity index (χ0v) is 16.9. The molecule has 1 saturated carbocycles. The Kier molecular flexibility index (Phi) is 5.69. The summed E-state index contributed by atoms with van der Waals surface area (Å²) in [6.45, 7) is 3.69. The molecular weight excluding hydrogens is 364 g/mol. The lowest BCUT2D eigenvalue weighted by Gasteiger charge is -2.31. The first-order chi connectivity index (χ1) is 12.7. The second-order valence-electron chi connectivity index (χ2n) is 7.32.